The first-order valence-corrected chi connectivity index (χ1v) is 11.2. The van der Waals surface area contributed by atoms with Crippen LogP contribution in [0.2, 0.25) is 0 Å². The molecule has 0 amide bonds. The van der Waals surface area contributed by atoms with E-state index in [1.165, 1.54) is 64.2 Å². The van der Waals surface area contributed by atoms with Crippen molar-refractivity contribution >= 4 is 0 Å². The molecule has 0 bridgehead atoms. The Morgan fingerprint density at radius 1 is 0.692 bits per heavy atom. The van der Waals surface area contributed by atoms with Crippen LogP contribution in [0.15, 0.2) is 0 Å². The monoisotopic (exact) mass is 366 g/mol. The van der Waals surface area contributed by atoms with E-state index in [0.717, 1.165) is 24.7 Å². The van der Waals surface area contributed by atoms with Gasteiger partial charge in [0.05, 0.1) is 0 Å². The van der Waals surface area contributed by atoms with Crippen molar-refractivity contribution in [1.82, 2.24) is 0 Å². The fraction of sp³-hybridized carbons (Fsp3) is 1.00. The normalized spacial score (nSPS) is 41.9. The molecule has 0 saturated heterocycles. The maximum Gasteiger partial charge on any atom is 0.0126 e. The molecule has 0 aromatic rings. The van der Waals surface area contributed by atoms with Gasteiger partial charge in [0.1, 0.15) is 0 Å². The second kappa shape index (κ2) is 9.36. The predicted octanol–water partition coefficient (Wildman–Crippen LogP) is 3.65. The SMILES string of the molecule is CC1(N)CCC(C(C)(C)N)CC1.NC1CCC(C2CCC(N)CC2)CC1. The fourth-order valence-electron chi connectivity index (χ4n) is 5.25. The van der Waals surface area contributed by atoms with E-state index < -0.39 is 0 Å². The first kappa shape index (κ1) is 22.1. The highest BCUT2D eigenvalue weighted by Gasteiger charge is 2.33. The summed E-state index contributed by atoms with van der Waals surface area (Å²) in [5.74, 6) is 2.61. The first-order chi connectivity index (χ1) is 12.1. The molecule has 0 aromatic heterocycles. The van der Waals surface area contributed by atoms with Crippen molar-refractivity contribution in [3.05, 3.63) is 0 Å². The molecule has 3 saturated carbocycles. The Labute approximate surface area is 162 Å². The molecule has 3 aliphatic carbocycles. The number of hydrogen-bond donors (Lipinski definition) is 4. The highest BCUT2D eigenvalue weighted by molar-refractivity contribution is 4.92. The Bertz CT molecular complexity index is 369. The van der Waals surface area contributed by atoms with Gasteiger partial charge in [0.25, 0.3) is 0 Å². The lowest BCUT2D eigenvalue weighted by atomic mass is 9.71. The molecule has 3 fully saturated rings. The van der Waals surface area contributed by atoms with Crippen molar-refractivity contribution in [2.45, 2.75) is 121 Å². The average molecular weight is 367 g/mol. The van der Waals surface area contributed by atoms with Gasteiger partial charge in [-0.2, -0.15) is 0 Å². The summed E-state index contributed by atoms with van der Waals surface area (Å²) in [5, 5.41) is 0. The molecule has 4 heteroatoms. The number of nitrogens with two attached hydrogens (primary N) is 4. The molecule has 0 aliphatic heterocycles. The standard InChI is InChI=1S/C12H24N2.C10H22N2/c13-11-5-1-9(2-6-11)10-3-7-12(14)8-4-10;1-9(2,11)8-4-6-10(3,12)7-5-8/h9-12H,1-8,13-14H2;8H,4-7,11-12H2,1-3H3. The van der Waals surface area contributed by atoms with Crippen molar-refractivity contribution in [3.63, 3.8) is 0 Å². The molecule has 3 rings (SSSR count). The van der Waals surface area contributed by atoms with Crippen LogP contribution in [-0.4, -0.2) is 23.2 Å². The Hall–Kier alpha value is -0.160. The maximum atomic E-state index is 6.06. The van der Waals surface area contributed by atoms with E-state index in [9.17, 15) is 0 Å². The lowest BCUT2D eigenvalue weighted by molar-refractivity contribution is 0.178. The second-order valence-electron chi connectivity index (χ2n) is 10.6. The third-order valence-electron chi connectivity index (χ3n) is 7.48. The zero-order valence-corrected chi connectivity index (χ0v) is 17.7. The molecule has 0 heterocycles. The van der Waals surface area contributed by atoms with Crippen molar-refractivity contribution in [3.8, 4) is 0 Å². The average Bonchev–Trinajstić information content (AvgIpc) is 2.56. The highest BCUT2D eigenvalue weighted by atomic mass is 14.8. The molecular weight excluding hydrogens is 320 g/mol. The van der Waals surface area contributed by atoms with Gasteiger partial charge in [-0.15, -0.1) is 0 Å². The fourth-order valence-corrected chi connectivity index (χ4v) is 5.25. The summed E-state index contributed by atoms with van der Waals surface area (Å²) in [6.07, 6.45) is 15.2. The van der Waals surface area contributed by atoms with Gasteiger partial charge in [0.15, 0.2) is 0 Å². The van der Waals surface area contributed by atoms with Gasteiger partial charge in [0, 0.05) is 23.2 Å². The van der Waals surface area contributed by atoms with Crippen LogP contribution in [0.1, 0.15) is 97.8 Å². The lowest BCUT2D eigenvalue weighted by Crippen LogP contribution is -2.48. The topological polar surface area (TPSA) is 104 Å². The van der Waals surface area contributed by atoms with Crippen LogP contribution in [-0.2, 0) is 0 Å². The van der Waals surface area contributed by atoms with E-state index in [0.29, 0.717) is 18.0 Å². The highest BCUT2D eigenvalue weighted by Crippen LogP contribution is 2.37. The van der Waals surface area contributed by atoms with Crippen LogP contribution in [0.25, 0.3) is 0 Å². The molecule has 0 atom stereocenters. The molecule has 154 valence electrons. The van der Waals surface area contributed by atoms with Gasteiger partial charge in [0.2, 0.25) is 0 Å². The summed E-state index contributed by atoms with van der Waals surface area (Å²) in [7, 11) is 0. The molecule has 0 aromatic carbocycles. The van der Waals surface area contributed by atoms with E-state index in [2.05, 4.69) is 20.8 Å². The molecule has 0 spiro atoms. The van der Waals surface area contributed by atoms with E-state index in [1.807, 2.05) is 0 Å². The minimum Gasteiger partial charge on any atom is -0.328 e. The number of rotatable bonds is 2. The molecule has 8 N–H and O–H groups in total. The van der Waals surface area contributed by atoms with Crippen molar-refractivity contribution in [2.24, 2.45) is 40.7 Å². The van der Waals surface area contributed by atoms with Gasteiger partial charge in [-0.05, 0) is 116 Å². The van der Waals surface area contributed by atoms with E-state index >= 15 is 0 Å². The molecule has 26 heavy (non-hydrogen) atoms. The van der Waals surface area contributed by atoms with Crippen molar-refractivity contribution < 1.29 is 0 Å². The molecule has 3 aliphatic rings. The summed E-state index contributed by atoms with van der Waals surface area (Å²) >= 11 is 0. The van der Waals surface area contributed by atoms with Crippen molar-refractivity contribution in [2.75, 3.05) is 0 Å². The summed E-state index contributed by atoms with van der Waals surface area (Å²) in [4.78, 5) is 0. The zero-order valence-electron chi connectivity index (χ0n) is 17.7. The predicted molar refractivity (Wildman–Crippen MR) is 113 cm³/mol. The van der Waals surface area contributed by atoms with Crippen LogP contribution in [0.4, 0.5) is 0 Å². The minimum absolute atomic E-state index is 0.0174. The van der Waals surface area contributed by atoms with Crippen LogP contribution < -0.4 is 22.9 Å². The largest absolute Gasteiger partial charge is 0.328 e. The summed E-state index contributed by atoms with van der Waals surface area (Å²) in [5.41, 5.74) is 24.0. The van der Waals surface area contributed by atoms with Gasteiger partial charge >= 0.3 is 0 Å². The Morgan fingerprint density at radius 2 is 1.04 bits per heavy atom. The summed E-state index contributed by atoms with van der Waals surface area (Å²) < 4.78 is 0. The van der Waals surface area contributed by atoms with Crippen molar-refractivity contribution in [1.29, 1.82) is 0 Å². The van der Waals surface area contributed by atoms with Gasteiger partial charge < -0.3 is 22.9 Å². The van der Waals surface area contributed by atoms with Gasteiger partial charge in [-0.25, -0.2) is 0 Å². The molecule has 4 nitrogen and oxygen atoms in total. The van der Waals surface area contributed by atoms with Crippen LogP contribution in [0.5, 0.6) is 0 Å². The summed E-state index contributed by atoms with van der Waals surface area (Å²) in [6, 6.07) is 0.995. The second-order valence-corrected chi connectivity index (χ2v) is 10.6. The van der Waals surface area contributed by atoms with Crippen LogP contribution in [0.3, 0.4) is 0 Å². The Morgan fingerprint density at radius 3 is 1.35 bits per heavy atom. The maximum absolute atomic E-state index is 6.06. The smallest absolute Gasteiger partial charge is 0.0126 e. The van der Waals surface area contributed by atoms with Gasteiger partial charge in [-0.3, -0.25) is 0 Å². The third-order valence-corrected chi connectivity index (χ3v) is 7.48. The van der Waals surface area contributed by atoms with E-state index in [-0.39, 0.29) is 11.1 Å². The first-order valence-electron chi connectivity index (χ1n) is 11.2. The molecule has 0 radical (unpaired) electrons. The zero-order chi connectivity index (χ0) is 19.4. The van der Waals surface area contributed by atoms with Gasteiger partial charge in [-0.1, -0.05) is 0 Å². The lowest BCUT2D eigenvalue weighted by Gasteiger charge is -2.40. The van der Waals surface area contributed by atoms with Crippen LogP contribution in [0, 0.1) is 17.8 Å². The Balaban J connectivity index is 0.000000190. The van der Waals surface area contributed by atoms with Crippen LogP contribution >= 0.6 is 0 Å². The quantitative estimate of drug-likeness (QED) is 0.598. The van der Waals surface area contributed by atoms with E-state index in [4.69, 9.17) is 22.9 Å². The molecule has 0 unspecified atom stereocenters. The number of hydrogen-bond acceptors (Lipinski definition) is 4. The Kier molecular flexibility index (Phi) is 7.97. The van der Waals surface area contributed by atoms with E-state index in [1.54, 1.807) is 0 Å². The third kappa shape index (κ3) is 7.10. The summed E-state index contributed by atoms with van der Waals surface area (Å²) in [6.45, 7) is 6.39. The molecular formula is C22H46N4. The minimum atomic E-state index is -0.0174.